The number of nitrogens with zero attached hydrogens (tertiary/aromatic N) is 4. The zero-order valence-electron chi connectivity index (χ0n) is 16.5. The first-order valence-electron chi connectivity index (χ1n) is 9.81. The highest BCUT2D eigenvalue weighted by atomic mass is 16.5. The summed E-state index contributed by atoms with van der Waals surface area (Å²) in [4.78, 5) is 47.7. The van der Waals surface area contributed by atoms with E-state index in [0.717, 1.165) is 31.7 Å². The first-order chi connectivity index (χ1) is 14.0. The van der Waals surface area contributed by atoms with Crippen molar-refractivity contribution in [3.05, 3.63) is 45.0 Å². The van der Waals surface area contributed by atoms with Gasteiger partial charge >= 0.3 is 5.69 Å². The molecule has 0 saturated carbocycles. The van der Waals surface area contributed by atoms with Gasteiger partial charge in [0.2, 0.25) is 11.8 Å². The average molecular weight is 402 g/mol. The minimum absolute atomic E-state index is 0.123. The number of aryl methyl sites for hydroxylation is 2. The summed E-state index contributed by atoms with van der Waals surface area (Å²) in [5.41, 5.74) is -0.992. The molecule has 0 aliphatic carbocycles. The number of amides is 1. The lowest BCUT2D eigenvalue weighted by atomic mass is 10.1. The van der Waals surface area contributed by atoms with Crippen molar-refractivity contribution < 1.29 is 9.53 Å². The van der Waals surface area contributed by atoms with Crippen LogP contribution in [-0.2, 0) is 11.3 Å². The number of piperidine rings is 1. The Bertz CT molecular complexity index is 948. The largest absolute Gasteiger partial charge is 0.476 e. The van der Waals surface area contributed by atoms with E-state index in [1.807, 2.05) is 13.0 Å². The van der Waals surface area contributed by atoms with Crippen LogP contribution >= 0.6 is 0 Å². The number of H-pyrrole nitrogens is 1. The van der Waals surface area contributed by atoms with Crippen LogP contribution in [0, 0.1) is 6.92 Å². The molecule has 29 heavy (non-hydrogen) atoms. The van der Waals surface area contributed by atoms with Crippen molar-refractivity contribution in [2.24, 2.45) is 0 Å². The van der Waals surface area contributed by atoms with Crippen LogP contribution in [0.1, 0.15) is 31.5 Å². The standard InChI is InChI=1S/C19H26N6O4/c1-14-21-15(24-8-3-2-4-9-24)13-18(22-14)29-12-7-20-16(26)5-10-25-11-6-17(27)23-19(25)28/h6,11,13H,2-5,7-10,12H2,1H3,(H,20,26)(H,23,27,28). The predicted molar refractivity (Wildman–Crippen MR) is 107 cm³/mol. The second-order valence-electron chi connectivity index (χ2n) is 6.91. The molecule has 1 aliphatic rings. The van der Waals surface area contributed by atoms with Gasteiger partial charge in [0, 0.05) is 44.4 Å². The van der Waals surface area contributed by atoms with E-state index in [1.54, 1.807) is 0 Å². The lowest BCUT2D eigenvalue weighted by Crippen LogP contribution is -2.32. The summed E-state index contributed by atoms with van der Waals surface area (Å²) in [6, 6.07) is 3.08. The van der Waals surface area contributed by atoms with Crippen molar-refractivity contribution >= 4 is 11.7 Å². The molecule has 3 rings (SSSR count). The maximum atomic E-state index is 11.9. The number of hydrogen-bond donors (Lipinski definition) is 2. The second-order valence-corrected chi connectivity index (χ2v) is 6.91. The summed E-state index contributed by atoms with van der Waals surface area (Å²) in [6.45, 7) is 4.60. The molecule has 0 atom stereocenters. The Morgan fingerprint density at radius 2 is 2.03 bits per heavy atom. The smallest absolute Gasteiger partial charge is 0.328 e. The van der Waals surface area contributed by atoms with Crippen LogP contribution in [0.4, 0.5) is 5.82 Å². The van der Waals surface area contributed by atoms with Gasteiger partial charge in [-0.1, -0.05) is 0 Å². The molecular formula is C19H26N6O4. The average Bonchev–Trinajstić information content (AvgIpc) is 2.71. The van der Waals surface area contributed by atoms with Crippen molar-refractivity contribution in [1.29, 1.82) is 0 Å². The molecular weight excluding hydrogens is 376 g/mol. The summed E-state index contributed by atoms with van der Waals surface area (Å²) < 4.78 is 6.96. The number of aromatic nitrogens is 4. The van der Waals surface area contributed by atoms with E-state index in [4.69, 9.17) is 4.74 Å². The topological polar surface area (TPSA) is 122 Å². The molecule has 0 unspecified atom stereocenters. The number of aromatic amines is 1. The van der Waals surface area contributed by atoms with Gasteiger partial charge in [0.15, 0.2) is 0 Å². The number of anilines is 1. The van der Waals surface area contributed by atoms with Crippen LogP contribution in [0.25, 0.3) is 0 Å². The molecule has 1 saturated heterocycles. The normalized spacial score (nSPS) is 13.9. The minimum Gasteiger partial charge on any atom is -0.476 e. The molecule has 156 valence electrons. The highest BCUT2D eigenvalue weighted by Gasteiger charge is 2.14. The predicted octanol–water partition coefficient (Wildman–Crippen LogP) is 0.211. The molecule has 2 aromatic heterocycles. The number of nitrogens with one attached hydrogen (secondary N) is 2. The third-order valence-electron chi connectivity index (χ3n) is 4.63. The third kappa shape index (κ3) is 6.16. The highest BCUT2D eigenvalue weighted by Crippen LogP contribution is 2.21. The van der Waals surface area contributed by atoms with Gasteiger partial charge in [-0.2, -0.15) is 4.98 Å². The van der Waals surface area contributed by atoms with Gasteiger partial charge < -0.3 is 19.5 Å². The molecule has 0 bridgehead atoms. The van der Waals surface area contributed by atoms with E-state index < -0.39 is 11.2 Å². The van der Waals surface area contributed by atoms with Gasteiger partial charge in [-0.25, -0.2) is 9.78 Å². The molecule has 0 radical (unpaired) electrons. The number of rotatable bonds is 8. The van der Waals surface area contributed by atoms with Crippen molar-refractivity contribution in [3.63, 3.8) is 0 Å². The molecule has 2 N–H and O–H groups in total. The van der Waals surface area contributed by atoms with E-state index >= 15 is 0 Å². The second kappa shape index (κ2) is 9.85. The Labute approximate surface area is 167 Å². The Morgan fingerprint density at radius 1 is 1.24 bits per heavy atom. The van der Waals surface area contributed by atoms with Gasteiger partial charge in [0.1, 0.15) is 18.2 Å². The first-order valence-corrected chi connectivity index (χ1v) is 9.81. The molecule has 1 fully saturated rings. The number of ether oxygens (including phenoxy) is 1. The Hall–Kier alpha value is -3.17. The summed E-state index contributed by atoms with van der Waals surface area (Å²) in [5, 5.41) is 2.74. The molecule has 3 heterocycles. The Kier molecular flexibility index (Phi) is 6.99. The number of carbonyl (C=O) groups is 1. The van der Waals surface area contributed by atoms with Gasteiger partial charge in [-0.15, -0.1) is 0 Å². The summed E-state index contributed by atoms with van der Waals surface area (Å²) in [7, 11) is 0. The highest BCUT2D eigenvalue weighted by molar-refractivity contribution is 5.75. The maximum absolute atomic E-state index is 11.9. The van der Waals surface area contributed by atoms with E-state index in [2.05, 4.69) is 25.2 Å². The van der Waals surface area contributed by atoms with Crippen LogP contribution in [0.15, 0.2) is 27.9 Å². The van der Waals surface area contributed by atoms with Crippen LogP contribution in [0.2, 0.25) is 0 Å². The van der Waals surface area contributed by atoms with E-state index in [0.29, 0.717) is 18.2 Å². The first kappa shape index (κ1) is 20.6. The fourth-order valence-corrected chi connectivity index (χ4v) is 3.16. The SMILES string of the molecule is Cc1nc(OCCNC(=O)CCn2ccc(=O)[nH]c2=O)cc(N2CCCCC2)n1. The van der Waals surface area contributed by atoms with Crippen molar-refractivity contribution in [2.45, 2.75) is 39.2 Å². The Morgan fingerprint density at radius 3 is 2.79 bits per heavy atom. The third-order valence-corrected chi connectivity index (χ3v) is 4.63. The van der Waals surface area contributed by atoms with E-state index in [9.17, 15) is 14.4 Å². The van der Waals surface area contributed by atoms with E-state index in [1.165, 1.54) is 23.3 Å². The van der Waals surface area contributed by atoms with Crippen molar-refractivity contribution in [2.75, 3.05) is 31.1 Å². The van der Waals surface area contributed by atoms with Gasteiger partial charge in [-0.3, -0.25) is 14.6 Å². The number of hydrogen-bond acceptors (Lipinski definition) is 7. The van der Waals surface area contributed by atoms with Gasteiger partial charge in [0.25, 0.3) is 5.56 Å². The zero-order valence-corrected chi connectivity index (χ0v) is 16.5. The van der Waals surface area contributed by atoms with Crippen LogP contribution in [0.5, 0.6) is 5.88 Å². The van der Waals surface area contributed by atoms with Crippen LogP contribution in [-0.4, -0.2) is 51.7 Å². The molecule has 10 heteroatoms. The van der Waals surface area contributed by atoms with E-state index in [-0.39, 0.29) is 25.5 Å². The monoisotopic (exact) mass is 402 g/mol. The Balaban J connectivity index is 1.42. The zero-order chi connectivity index (χ0) is 20.6. The molecule has 0 spiro atoms. The van der Waals surface area contributed by atoms with Gasteiger partial charge in [-0.05, 0) is 26.2 Å². The van der Waals surface area contributed by atoms with Gasteiger partial charge in [0.05, 0.1) is 6.54 Å². The summed E-state index contributed by atoms with van der Waals surface area (Å²) in [5.74, 6) is 1.81. The molecule has 2 aromatic rings. The maximum Gasteiger partial charge on any atom is 0.328 e. The fourth-order valence-electron chi connectivity index (χ4n) is 3.16. The fraction of sp³-hybridized carbons (Fsp3) is 0.526. The quantitative estimate of drug-likeness (QED) is 0.605. The molecule has 10 nitrogen and oxygen atoms in total. The minimum atomic E-state index is -0.530. The summed E-state index contributed by atoms with van der Waals surface area (Å²) in [6.07, 6.45) is 5.07. The molecule has 0 aromatic carbocycles. The molecule has 1 amide bonds. The van der Waals surface area contributed by atoms with Crippen molar-refractivity contribution in [3.8, 4) is 5.88 Å². The van der Waals surface area contributed by atoms with Crippen LogP contribution < -0.4 is 26.2 Å². The summed E-state index contributed by atoms with van der Waals surface area (Å²) >= 11 is 0. The lowest BCUT2D eigenvalue weighted by Gasteiger charge is -2.28. The molecule has 1 aliphatic heterocycles. The van der Waals surface area contributed by atoms with Crippen LogP contribution in [0.3, 0.4) is 0 Å². The lowest BCUT2D eigenvalue weighted by molar-refractivity contribution is -0.121. The van der Waals surface area contributed by atoms with Crippen molar-refractivity contribution in [1.82, 2.24) is 24.8 Å². The number of carbonyl (C=O) groups excluding carboxylic acids is 1.